The topological polar surface area (TPSA) is 26.3 Å². The highest BCUT2D eigenvalue weighted by molar-refractivity contribution is 7.45. The van der Waals surface area contributed by atoms with E-state index in [-0.39, 0.29) is 10.5 Å². The largest absolute Gasteiger partial charge is 0.438 e. The molecule has 0 fully saturated rings. The lowest BCUT2D eigenvalue weighted by Gasteiger charge is -2.24. The van der Waals surface area contributed by atoms with Gasteiger partial charge in [0.25, 0.3) is 0 Å². The minimum atomic E-state index is -1.36. The third-order valence-electron chi connectivity index (χ3n) is 5.09. The van der Waals surface area contributed by atoms with Gasteiger partial charge >= 0.3 is 5.97 Å². The van der Waals surface area contributed by atoms with Crippen LogP contribution in [-0.2, 0) is 10.3 Å². The van der Waals surface area contributed by atoms with E-state index in [2.05, 4.69) is 31.0 Å². The monoisotopic (exact) mass is 415 g/mol. The quantitative estimate of drug-likeness (QED) is 0.210. The molecule has 1 heterocycles. The summed E-state index contributed by atoms with van der Waals surface area (Å²) in [5, 5.41) is 1.24. The number of terminal acetylenes is 1. The first-order chi connectivity index (χ1) is 14.4. The molecule has 0 amide bonds. The molecule has 4 rings (SSSR count). The fourth-order valence-electron chi connectivity index (χ4n) is 3.48. The van der Waals surface area contributed by atoms with Crippen LogP contribution in [-0.4, -0.2) is 5.97 Å². The average Bonchev–Trinajstić information content (AvgIpc) is 3.09. The number of hydrogen-bond acceptors (Lipinski definition) is 2. The summed E-state index contributed by atoms with van der Waals surface area (Å²) in [6.45, 7) is 3.71. The first kappa shape index (κ1) is 19.9. The second kappa shape index (κ2) is 7.78. The number of esters is 1. The lowest BCUT2D eigenvalue weighted by atomic mass is 9.96. The molecule has 2 atom stereocenters. The zero-order valence-electron chi connectivity index (χ0n) is 16.7. The molecular formula is C26H20FO2S+. The number of fused-ring (bicyclic) bond motifs is 1. The van der Waals surface area contributed by atoms with Crippen LogP contribution in [0.5, 0.6) is 0 Å². The summed E-state index contributed by atoms with van der Waals surface area (Å²) >= 11 is 0. The van der Waals surface area contributed by atoms with Gasteiger partial charge in [-0.2, -0.15) is 0 Å². The summed E-state index contributed by atoms with van der Waals surface area (Å²) in [4.78, 5) is 15.2. The first-order valence-electron chi connectivity index (χ1n) is 9.50. The number of thiophene rings is 1. The SMILES string of the molecule is C#CC(C)(OC(=O)c1ccc(-[s+]2c(C)cc3ccccc32)cc1)c1cccc(F)c1. The lowest BCUT2D eigenvalue weighted by Crippen LogP contribution is -2.27. The number of aryl methyl sites for hydroxylation is 1. The van der Waals surface area contributed by atoms with Gasteiger partial charge in [-0.05, 0) is 55.5 Å². The molecule has 0 saturated carbocycles. The van der Waals surface area contributed by atoms with Gasteiger partial charge < -0.3 is 4.74 Å². The second-order valence-electron chi connectivity index (χ2n) is 7.20. The van der Waals surface area contributed by atoms with Gasteiger partial charge in [0.05, 0.1) is 5.56 Å². The Morgan fingerprint density at radius 3 is 2.47 bits per heavy atom. The maximum absolute atomic E-state index is 13.6. The standard InChI is InChI=1S/C26H20FO2S/c1-4-26(3,21-9-7-10-22(27)17-21)29-25(28)19-12-14-23(15-13-19)30-18(2)16-20-8-5-6-11-24(20)30/h1,5-17H,2-3H3/q+1. The van der Waals surface area contributed by atoms with Gasteiger partial charge in [-0.3, -0.25) is 0 Å². The van der Waals surface area contributed by atoms with Gasteiger partial charge in [0.2, 0.25) is 0 Å². The van der Waals surface area contributed by atoms with E-state index in [0.717, 1.165) is 4.90 Å². The van der Waals surface area contributed by atoms with E-state index >= 15 is 0 Å². The van der Waals surface area contributed by atoms with Crippen molar-refractivity contribution in [2.75, 3.05) is 0 Å². The van der Waals surface area contributed by atoms with Crippen LogP contribution in [0, 0.1) is 25.1 Å². The van der Waals surface area contributed by atoms with Crippen LogP contribution in [0.15, 0.2) is 78.9 Å². The van der Waals surface area contributed by atoms with Crippen molar-refractivity contribution in [2.45, 2.75) is 19.4 Å². The predicted octanol–water partition coefficient (Wildman–Crippen LogP) is 6.73. The minimum absolute atomic E-state index is 0.150. The number of hydrogen-bond donors (Lipinski definition) is 0. The molecule has 1 aromatic heterocycles. The lowest BCUT2D eigenvalue weighted by molar-refractivity contribution is 0.0128. The fourth-order valence-corrected chi connectivity index (χ4v) is 5.68. The Morgan fingerprint density at radius 1 is 1.03 bits per heavy atom. The van der Waals surface area contributed by atoms with E-state index in [1.54, 1.807) is 31.2 Å². The van der Waals surface area contributed by atoms with E-state index in [4.69, 9.17) is 11.2 Å². The third kappa shape index (κ3) is 3.60. The Bertz CT molecular complexity index is 1280. The van der Waals surface area contributed by atoms with Crippen molar-refractivity contribution in [1.29, 1.82) is 0 Å². The molecule has 0 bridgehead atoms. The molecule has 0 spiro atoms. The number of benzene rings is 3. The van der Waals surface area contributed by atoms with Crippen LogP contribution < -0.4 is 0 Å². The van der Waals surface area contributed by atoms with Crippen molar-refractivity contribution in [2.24, 2.45) is 0 Å². The normalized spacial score (nSPS) is 13.5. The predicted molar refractivity (Wildman–Crippen MR) is 121 cm³/mol. The van der Waals surface area contributed by atoms with Gasteiger partial charge in [-0.1, -0.05) is 30.2 Å². The smallest absolute Gasteiger partial charge is 0.339 e. The highest BCUT2D eigenvalue weighted by atomic mass is 32.2. The van der Waals surface area contributed by atoms with Crippen LogP contribution in [0.25, 0.3) is 15.0 Å². The van der Waals surface area contributed by atoms with E-state index in [9.17, 15) is 9.18 Å². The molecule has 2 nitrogen and oxygen atoms in total. The Kier molecular flexibility index (Phi) is 5.15. The number of halogens is 1. The van der Waals surface area contributed by atoms with E-state index in [1.807, 2.05) is 24.3 Å². The molecule has 0 N–H and O–H groups in total. The Hall–Kier alpha value is -3.42. The summed E-state index contributed by atoms with van der Waals surface area (Å²) in [6, 6.07) is 23.7. The Balaban J connectivity index is 1.62. The summed E-state index contributed by atoms with van der Waals surface area (Å²) < 4.78 is 20.5. The fraction of sp³-hybridized carbons (Fsp3) is 0.115. The van der Waals surface area contributed by atoms with Crippen molar-refractivity contribution >= 4 is 26.5 Å². The van der Waals surface area contributed by atoms with E-state index in [1.165, 1.54) is 27.1 Å². The number of carbonyl (C=O) groups is 1. The summed E-state index contributed by atoms with van der Waals surface area (Å²) in [7, 11) is -0.150. The number of rotatable bonds is 4. The summed E-state index contributed by atoms with van der Waals surface area (Å²) in [6.07, 6.45) is 5.63. The Morgan fingerprint density at radius 2 is 1.77 bits per heavy atom. The zero-order valence-corrected chi connectivity index (χ0v) is 17.5. The van der Waals surface area contributed by atoms with Crippen LogP contribution in [0.2, 0.25) is 0 Å². The number of ether oxygens (including phenoxy) is 1. The van der Waals surface area contributed by atoms with Gasteiger partial charge in [-0.25, -0.2) is 9.18 Å². The van der Waals surface area contributed by atoms with Gasteiger partial charge in [-0.15, -0.1) is 6.42 Å². The molecule has 2 unspecified atom stereocenters. The van der Waals surface area contributed by atoms with Crippen LogP contribution >= 0.6 is 10.5 Å². The van der Waals surface area contributed by atoms with E-state index in [0.29, 0.717) is 11.1 Å². The molecule has 0 aliphatic heterocycles. The molecule has 0 radical (unpaired) electrons. The minimum Gasteiger partial charge on any atom is -0.438 e. The maximum Gasteiger partial charge on any atom is 0.339 e. The molecule has 148 valence electrons. The number of carbonyl (C=O) groups excluding carboxylic acids is 1. The second-order valence-corrected chi connectivity index (χ2v) is 9.37. The van der Waals surface area contributed by atoms with Crippen molar-refractivity contribution in [3.8, 4) is 17.2 Å². The van der Waals surface area contributed by atoms with Gasteiger partial charge in [0, 0.05) is 34.4 Å². The molecule has 3 aromatic carbocycles. The Labute approximate surface area is 177 Å². The first-order valence-corrected chi connectivity index (χ1v) is 10.7. The molecule has 0 aliphatic rings. The van der Waals surface area contributed by atoms with Crippen LogP contribution in [0.3, 0.4) is 0 Å². The highest BCUT2D eigenvalue weighted by Gasteiger charge is 2.30. The molecule has 30 heavy (non-hydrogen) atoms. The van der Waals surface area contributed by atoms with Crippen molar-refractivity contribution in [3.63, 3.8) is 0 Å². The van der Waals surface area contributed by atoms with Gasteiger partial charge in [0.1, 0.15) is 5.82 Å². The van der Waals surface area contributed by atoms with Crippen LogP contribution in [0.4, 0.5) is 4.39 Å². The molecular weight excluding hydrogens is 395 g/mol. The zero-order chi connectivity index (χ0) is 21.3. The van der Waals surface area contributed by atoms with Gasteiger partial charge in [0.15, 0.2) is 20.1 Å². The molecule has 0 saturated heterocycles. The third-order valence-corrected chi connectivity index (χ3v) is 7.41. The van der Waals surface area contributed by atoms with Crippen LogP contribution in [0.1, 0.15) is 27.7 Å². The van der Waals surface area contributed by atoms with Crippen molar-refractivity contribution in [1.82, 2.24) is 0 Å². The molecule has 4 heteroatoms. The van der Waals surface area contributed by atoms with Crippen molar-refractivity contribution < 1.29 is 13.9 Å². The van der Waals surface area contributed by atoms with E-state index < -0.39 is 17.4 Å². The molecule has 4 aromatic rings. The molecule has 0 aliphatic carbocycles. The summed E-state index contributed by atoms with van der Waals surface area (Å²) in [5.74, 6) is 1.50. The van der Waals surface area contributed by atoms with Crippen molar-refractivity contribution in [3.05, 3.63) is 101 Å². The highest BCUT2D eigenvalue weighted by Crippen LogP contribution is 2.43. The summed E-state index contributed by atoms with van der Waals surface area (Å²) in [5.41, 5.74) is -0.544. The average molecular weight is 416 g/mol. The maximum atomic E-state index is 13.6.